The molecule has 2 aromatic heterocycles. The molecule has 1 fully saturated rings. The highest BCUT2D eigenvalue weighted by Crippen LogP contribution is 2.31. The number of pyridine rings is 1. The second-order valence-corrected chi connectivity index (χ2v) is 5.41. The van der Waals surface area contributed by atoms with Gasteiger partial charge in [-0.05, 0) is 26.0 Å². The van der Waals surface area contributed by atoms with Crippen LogP contribution in [0.2, 0.25) is 0 Å². The largest absolute Gasteiger partial charge is 0.394 e. The van der Waals surface area contributed by atoms with Crippen molar-refractivity contribution >= 4 is 17.0 Å². The van der Waals surface area contributed by atoms with E-state index in [0.29, 0.717) is 0 Å². The number of fused-ring (bicyclic) bond motifs is 1. The zero-order chi connectivity index (χ0) is 12.8. The van der Waals surface area contributed by atoms with E-state index in [1.807, 2.05) is 28.9 Å². The lowest BCUT2D eigenvalue weighted by Gasteiger charge is -2.43. The smallest absolute Gasteiger partial charge is 0.175 e. The number of hydrogen-bond acceptors (Lipinski definition) is 4. The van der Waals surface area contributed by atoms with Crippen LogP contribution in [0.5, 0.6) is 0 Å². The van der Waals surface area contributed by atoms with E-state index < -0.39 is 0 Å². The van der Waals surface area contributed by atoms with Crippen LogP contribution in [0.15, 0.2) is 24.4 Å². The summed E-state index contributed by atoms with van der Waals surface area (Å²) < 4.78 is 1.85. The van der Waals surface area contributed by atoms with Gasteiger partial charge in [0, 0.05) is 31.4 Å². The molecule has 0 atom stereocenters. The van der Waals surface area contributed by atoms with Crippen LogP contribution >= 0.6 is 0 Å². The maximum atomic E-state index is 6.25. The van der Waals surface area contributed by atoms with Crippen molar-refractivity contribution in [3.8, 4) is 0 Å². The van der Waals surface area contributed by atoms with Gasteiger partial charge >= 0.3 is 0 Å². The van der Waals surface area contributed by atoms with Gasteiger partial charge in [0.15, 0.2) is 5.82 Å². The Morgan fingerprint density at radius 3 is 2.94 bits per heavy atom. The lowest BCUT2D eigenvalue weighted by atomic mass is 10.00. The van der Waals surface area contributed by atoms with Crippen LogP contribution in [-0.2, 0) is 0 Å². The van der Waals surface area contributed by atoms with Crippen LogP contribution in [-0.4, -0.2) is 34.8 Å². The van der Waals surface area contributed by atoms with Gasteiger partial charge in [-0.2, -0.15) is 0 Å². The number of nitrogens with one attached hydrogen (secondary N) is 1. The highest BCUT2D eigenvalue weighted by molar-refractivity contribution is 5.81. The Labute approximate surface area is 107 Å². The van der Waals surface area contributed by atoms with Gasteiger partial charge in [0.1, 0.15) is 5.69 Å². The van der Waals surface area contributed by atoms with Gasteiger partial charge in [-0.1, -0.05) is 6.07 Å². The van der Waals surface area contributed by atoms with Crippen molar-refractivity contribution in [2.75, 3.05) is 30.3 Å². The molecule has 2 aromatic rings. The van der Waals surface area contributed by atoms with Crippen LogP contribution in [0, 0.1) is 0 Å². The predicted octanol–water partition coefficient (Wildman–Crippen LogP) is 1.10. The molecular formula is C13H19N5. The highest BCUT2D eigenvalue weighted by atomic mass is 15.4. The van der Waals surface area contributed by atoms with Crippen molar-refractivity contribution < 1.29 is 0 Å². The topological polar surface area (TPSA) is 58.6 Å². The van der Waals surface area contributed by atoms with E-state index in [4.69, 9.17) is 5.73 Å². The molecule has 5 heteroatoms. The van der Waals surface area contributed by atoms with Gasteiger partial charge < -0.3 is 16.0 Å². The number of nitrogen functional groups attached to an aromatic ring is 1. The summed E-state index contributed by atoms with van der Waals surface area (Å²) in [4.78, 5) is 2.30. The number of piperazine rings is 1. The van der Waals surface area contributed by atoms with Crippen LogP contribution in [0.4, 0.5) is 11.5 Å². The summed E-state index contributed by atoms with van der Waals surface area (Å²) in [5.74, 6) is 0.896. The molecule has 0 bridgehead atoms. The second-order valence-electron chi connectivity index (χ2n) is 5.41. The average Bonchev–Trinajstić information content (AvgIpc) is 2.67. The predicted molar refractivity (Wildman–Crippen MR) is 73.9 cm³/mol. The van der Waals surface area contributed by atoms with Crippen LogP contribution in [0.25, 0.3) is 5.52 Å². The molecule has 18 heavy (non-hydrogen) atoms. The maximum absolute atomic E-state index is 6.25. The molecule has 0 saturated carbocycles. The molecule has 96 valence electrons. The van der Waals surface area contributed by atoms with Crippen molar-refractivity contribution in [1.82, 2.24) is 14.9 Å². The molecule has 3 rings (SSSR count). The monoisotopic (exact) mass is 245 g/mol. The van der Waals surface area contributed by atoms with E-state index >= 15 is 0 Å². The van der Waals surface area contributed by atoms with Crippen molar-refractivity contribution in [3.05, 3.63) is 24.4 Å². The molecule has 0 amide bonds. The van der Waals surface area contributed by atoms with Gasteiger partial charge in [-0.25, -0.2) is 4.52 Å². The zero-order valence-electron chi connectivity index (χ0n) is 10.8. The molecule has 0 aromatic carbocycles. The van der Waals surface area contributed by atoms with Crippen molar-refractivity contribution in [2.45, 2.75) is 19.4 Å². The first-order valence-electron chi connectivity index (χ1n) is 6.31. The first kappa shape index (κ1) is 11.3. The second kappa shape index (κ2) is 3.88. The van der Waals surface area contributed by atoms with E-state index in [0.717, 1.165) is 36.7 Å². The zero-order valence-corrected chi connectivity index (χ0v) is 10.8. The molecule has 0 aliphatic carbocycles. The van der Waals surface area contributed by atoms with E-state index in [9.17, 15) is 0 Å². The van der Waals surface area contributed by atoms with Crippen molar-refractivity contribution in [3.63, 3.8) is 0 Å². The number of aromatic nitrogens is 2. The Hall–Kier alpha value is -1.75. The van der Waals surface area contributed by atoms with Gasteiger partial charge in [0.05, 0.1) is 5.52 Å². The number of rotatable bonds is 1. The van der Waals surface area contributed by atoms with Gasteiger partial charge in [-0.15, -0.1) is 5.10 Å². The summed E-state index contributed by atoms with van der Waals surface area (Å²) >= 11 is 0. The highest BCUT2D eigenvalue weighted by Gasteiger charge is 2.32. The van der Waals surface area contributed by atoms with E-state index in [2.05, 4.69) is 29.2 Å². The Morgan fingerprint density at radius 1 is 1.39 bits per heavy atom. The molecule has 0 unspecified atom stereocenters. The Morgan fingerprint density at radius 2 is 2.22 bits per heavy atom. The fraction of sp³-hybridized carbons (Fsp3) is 0.462. The van der Waals surface area contributed by atoms with Crippen LogP contribution in [0.1, 0.15) is 13.8 Å². The third kappa shape index (κ3) is 1.62. The number of nitrogens with zero attached hydrogens (tertiary/aromatic N) is 3. The summed E-state index contributed by atoms with van der Waals surface area (Å²) in [7, 11) is 0. The molecule has 0 radical (unpaired) electrons. The Balaban J connectivity index is 2.11. The molecule has 3 N–H and O–H groups in total. The van der Waals surface area contributed by atoms with Gasteiger partial charge in [-0.3, -0.25) is 0 Å². The minimum Gasteiger partial charge on any atom is -0.394 e. The minimum absolute atomic E-state index is 0.0320. The average molecular weight is 245 g/mol. The SMILES string of the molecule is CC1(C)CNCCN1c1nn2ccccc2c1N. The lowest BCUT2D eigenvalue weighted by Crippen LogP contribution is -2.58. The standard InChI is InChI=1S/C13H19N5/c1-13(2)9-15-6-8-17(13)12-11(14)10-5-3-4-7-18(10)16-12/h3-5,7,15H,6,8-9,14H2,1-2H3. The third-order valence-electron chi connectivity index (χ3n) is 3.61. The fourth-order valence-electron chi connectivity index (χ4n) is 2.58. The molecule has 1 aliphatic heterocycles. The molecule has 0 spiro atoms. The Bertz CT molecular complexity index is 572. The summed E-state index contributed by atoms with van der Waals surface area (Å²) in [5, 5.41) is 8.03. The van der Waals surface area contributed by atoms with Crippen molar-refractivity contribution in [1.29, 1.82) is 0 Å². The number of anilines is 2. The molecular weight excluding hydrogens is 226 g/mol. The first-order chi connectivity index (χ1) is 8.59. The van der Waals surface area contributed by atoms with Gasteiger partial charge in [0.2, 0.25) is 0 Å². The molecule has 5 nitrogen and oxygen atoms in total. The van der Waals surface area contributed by atoms with E-state index in [1.54, 1.807) is 0 Å². The molecule has 1 saturated heterocycles. The molecule has 1 aliphatic rings. The number of hydrogen-bond donors (Lipinski definition) is 2. The van der Waals surface area contributed by atoms with E-state index in [1.165, 1.54) is 0 Å². The minimum atomic E-state index is 0.0320. The van der Waals surface area contributed by atoms with Crippen LogP contribution < -0.4 is 16.0 Å². The quantitative estimate of drug-likeness (QED) is 0.790. The molecule has 3 heterocycles. The van der Waals surface area contributed by atoms with Gasteiger partial charge in [0.25, 0.3) is 0 Å². The normalized spacial score (nSPS) is 19.3. The maximum Gasteiger partial charge on any atom is 0.175 e. The fourth-order valence-corrected chi connectivity index (χ4v) is 2.58. The summed E-state index contributed by atoms with van der Waals surface area (Å²) in [6.07, 6.45) is 1.93. The summed E-state index contributed by atoms with van der Waals surface area (Å²) in [5.41, 5.74) is 8.02. The number of nitrogens with two attached hydrogens (primary N) is 1. The first-order valence-corrected chi connectivity index (χ1v) is 6.31. The lowest BCUT2D eigenvalue weighted by molar-refractivity contribution is 0.378. The Kier molecular flexibility index (Phi) is 2.45. The summed E-state index contributed by atoms with van der Waals surface area (Å²) in [6.45, 7) is 7.27. The van der Waals surface area contributed by atoms with Crippen LogP contribution in [0.3, 0.4) is 0 Å². The van der Waals surface area contributed by atoms with E-state index in [-0.39, 0.29) is 5.54 Å². The van der Waals surface area contributed by atoms with Crippen molar-refractivity contribution in [2.24, 2.45) is 0 Å². The summed E-state index contributed by atoms with van der Waals surface area (Å²) in [6, 6.07) is 5.95. The third-order valence-corrected chi connectivity index (χ3v) is 3.61.